The Morgan fingerprint density at radius 2 is 1.48 bits per heavy atom. The zero-order valence-electron chi connectivity index (χ0n) is 14.9. The Balaban J connectivity index is 1.40. The summed E-state index contributed by atoms with van der Waals surface area (Å²) in [6, 6.07) is 23.8. The van der Waals surface area contributed by atoms with Crippen LogP contribution in [0.1, 0.15) is 29.9 Å². The molecule has 6 rings (SSSR count). The third kappa shape index (κ3) is 2.82. The Bertz CT molecular complexity index is 691. The van der Waals surface area contributed by atoms with Crippen LogP contribution < -0.4 is 0 Å². The van der Waals surface area contributed by atoms with Crippen LogP contribution in [-0.2, 0) is 6.42 Å². The molecule has 2 aromatic rings. The number of likely N-dealkylation sites (tertiary alicyclic amines) is 1. The van der Waals surface area contributed by atoms with Crippen molar-refractivity contribution in [3.63, 3.8) is 0 Å². The summed E-state index contributed by atoms with van der Waals surface area (Å²) < 4.78 is 0. The Labute approximate surface area is 151 Å². The topological polar surface area (TPSA) is 6.48 Å². The van der Waals surface area contributed by atoms with Gasteiger partial charge in [0.15, 0.2) is 0 Å². The first-order chi connectivity index (χ1) is 12.4. The highest BCUT2D eigenvalue weighted by Crippen LogP contribution is 2.46. The number of hydrogen-bond donors (Lipinski definition) is 0. The number of hydrogen-bond acceptors (Lipinski definition) is 2. The van der Waals surface area contributed by atoms with Crippen LogP contribution in [-0.4, -0.2) is 48.1 Å². The largest absolute Gasteiger partial charge is 0.298 e. The highest BCUT2D eigenvalue weighted by Gasteiger charge is 2.52. The van der Waals surface area contributed by atoms with E-state index in [0.29, 0.717) is 5.92 Å². The summed E-state index contributed by atoms with van der Waals surface area (Å²) in [5.74, 6) is 1.60. The fourth-order valence-electron chi connectivity index (χ4n) is 5.70. The fourth-order valence-corrected chi connectivity index (χ4v) is 5.70. The number of piperidine rings is 3. The van der Waals surface area contributed by atoms with Crippen molar-refractivity contribution in [2.75, 3.05) is 26.2 Å². The molecule has 0 saturated carbocycles. The average molecular weight is 332 g/mol. The van der Waals surface area contributed by atoms with Crippen LogP contribution in [0.15, 0.2) is 60.7 Å². The van der Waals surface area contributed by atoms with Gasteiger partial charge in [-0.2, -0.15) is 0 Å². The summed E-state index contributed by atoms with van der Waals surface area (Å²) in [7, 11) is 0. The average Bonchev–Trinajstić information content (AvgIpc) is 3.11. The van der Waals surface area contributed by atoms with Gasteiger partial charge in [-0.1, -0.05) is 60.7 Å². The van der Waals surface area contributed by atoms with Gasteiger partial charge < -0.3 is 0 Å². The lowest BCUT2D eigenvalue weighted by atomic mass is 9.75. The minimum Gasteiger partial charge on any atom is -0.298 e. The van der Waals surface area contributed by atoms with Gasteiger partial charge in [0.2, 0.25) is 0 Å². The van der Waals surface area contributed by atoms with E-state index in [-0.39, 0.29) is 0 Å². The van der Waals surface area contributed by atoms with Crippen LogP contribution in [0, 0.1) is 5.92 Å². The molecule has 2 aromatic carbocycles. The summed E-state index contributed by atoms with van der Waals surface area (Å²) in [4.78, 5) is 5.65. The summed E-state index contributed by atoms with van der Waals surface area (Å²) in [5, 5.41) is 0. The quantitative estimate of drug-likeness (QED) is 0.840. The zero-order valence-corrected chi connectivity index (χ0v) is 14.9. The molecule has 0 aromatic heterocycles. The Kier molecular flexibility index (Phi) is 4.11. The van der Waals surface area contributed by atoms with Gasteiger partial charge in [-0.3, -0.25) is 9.80 Å². The molecule has 0 amide bonds. The molecule has 4 aliphatic rings. The van der Waals surface area contributed by atoms with E-state index in [2.05, 4.69) is 70.5 Å². The maximum absolute atomic E-state index is 2.84. The predicted molar refractivity (Wildman–Crippen MR) is 103 cm³/mol. The van der Waals surface area contributed by atoms with Crippen molar-refractivity contribution in [3.05, 3.63) is 71.8 Å². The van der Waals surface area contributed by atoms with Crippen molar-refractivity contribution in [1.29, 1.82) is 0 Å². The Hall–Kier alpha value is -1.64. The van der Waals surface area contributed by atoms with Crippen LogP contribution >= 0.6 is 0 Å². The van der Waals surface area contributed by atoms with Crippen molar-refractivity contribution < 1.29 is 0 Å². The number of fused-ring (bicyclic) bond motifs is 2. The lowest BCUT2D eigenvalue weighted by Gasteiger charge is -2.51. The summed E-state index contributed by atoms with van der Waals surface area (Å²) in [6.45, 7) is 5.08. The molecule has 25 heavy (non-hydrogen) atoms. The molecule has 0 aliphatic carbocycles. The Morgan fingerprint density at radius 1 is 0.800 bits per heavy atom. The lowest BCUT2D eigenvalue weighted by molar-refractivity contribution is -0.00617. The molecule has 0 spiro atoms. The lowest BCUT2D eigenvalue weighted by Crippen LogP contribution is -2.60. The smallest absolute Gasteiger partial charge is 0.0335 e. The second-order valence-corrected chi connectivity index (χ2v) is 8.10. The van der Waals surface area contributed by atoms with Crippen molar-refractivity contribution in [2.24, 2.45) is 5.92 Å². The molecule has 0 radical (unpaired) electrons. The van der Waals surface area contributed by atoms with Crippen molar-refractivity contribution >= 4 is 0 Å². The molecule has 4 heterocycles. The molecule has 2 bridgehead atoms. The molecule has 4 fully saturated rings. The van der Waals surface area contributed by atoms with Gasteiger partial charge in [0.05, 0.1) is 0 Å². The van der Waals surface area contributed by atoms with E-state index in [0.717, 1.165) is 18.0 Å². The minimum absolute atomic E-state index is 0.685. The highest BCUT2D eigenvalue weighted by molar-refractivity contribution is 5.27. The maximum atomic E-state index is 2.84. The zero-order chi connectivity index (χ0) is 16.6. The number of benzene rings is 2. The highest BCUT2D eigenvalue weighted by atomic mass is 15.3. The van der Waals surface area contributed by atoms with E-state index in [4.69, 9.17) is 0 Å². The molecular formula is C23H28N2. The third-order valence-corrected chi connectivity index (χ3v) is 6.85. The van der Waals surface area contributed by atoms with Gasteiger partial charge in [0.1, 0.15) is 0 Å². The number of rotatable bonds is 4. The van der Waals surface area contributed by atoms with E-state index < -0.39 is 0 Å². The van der Waals surface area contributed by atoms with Crippen molar-refractivity contribution in [3.8, 4) is 0 Å². The normalized spacial score (nSPS) is 34.2. The third-order valence-electron chi connectivity index (χ3n) is 6.85. The SMILES string of the molecule is c1ccc(CCN2C[C@H](c3ccccc3)[C@@H]3[C@H]2C2CCN3CC2)cc1. The van der Waals surface area contributed by atoms with Crippen LogP contribution in [0.25, 0.3) is 0 Å². The molecule has 130 valence electrons. The van der Waals surface area contributed by atoms with E-state index >= 15 is 0 Å². The van der Waals surface area contributed by atoms with Crippen LogP contribution in [0.4, 0.5) is 0 Å². The first-order valence-corrected chi connectivity index (χ1v) is 9.97. The second-order valence-electron chi connectivity index (χ2n) is 8.10. The van der Waals surface area contributed by atoms with E-state index in [9.17, 15) is 0 Å². The van der Waals surface area contributed by atoms with Crippen LogP contribution in [0.3, 0.4) is 0 Å². The van der Waals surface area contributed by atoms with Crippen molar-refractivity contribution in [1.82, 2.24) is 9.80 Å². The minimum atomic E-state index is 0.685. The molecule has 4 aliphatic heterocycles. The first-order valence-electron chi connectivity index (χ1n) is 9.97. The molecular weight excluding hydrogens is 304 g/mol. The van der Waals surface area contributed by atoms with Gasteiger partial charge in [0.25, 0.3) is 0 Å². The molecule has 2 heteroatoms. The summed E-state index contributed by atoms with van der Waals surface area (Å²) >= 11 is 0. The van der Waals surface area contributed by atoms with Gasteiger partial charge in [0, 0.05) is 31.1 Å². The standard InChI is InChI=1S/C23H28N2/c1-3-7-18(8-4-1)11-14-25-17-21(19-9-5-2-6-10-19)23-22(25)20-12-15-24(23)16-13-20/h1-10,20-23H,11-17H2/t21-,22-,23-/m1/s1. The van der Waals surface area contributed by atoms with Crippen molar-refractivity contribution in [2.45, 2.75) is 37.3 Å². The van der Waals surface area contributed by atoms with Gasteiger partial charge in [-0.15, -0.1) is 0 Å². The molecule has 4 saturated heterocycles. The monoisotopic (exact) mass is 332 g/mol. The second kappa shape index (κ2) is 6.59. The Morgan fingerprint density at radius 3 is 2.20 bits per heavy atom. The summed E-state index contributed by atoms with van der Waals surface area (Å²) in [6.07, 6.45) is 3.99. The fraction of sp³-hybridized carbons (Fsp3) is 0.478. The van der Waals surface area contributed by atoms with E-state index in [1.165, 1.54) is 51.0 Å². The van der Waals surface area contributed by atoms with Gasteiger partial charge in [-0.05, 0) is 49.4 Å². The molecule has 0 unspecified atom stereocenters. The number of nitrogens with zero attached hydrogens (tertiary/aromatic N) is 2. The van der Waals surface area contributed by atoms with Gasteiger partial charge >= 0.3 is 0 Å². The maximum Gasteiger partial charge on any atom is 0.0335 e. The van der Waals surface area contributed by atoms with Crippen LogP contribution in [0.2, 0.25) is 0 Å². The molecule has 0 N–H and O–H groups in total. The summed E-state index contributed by atoms with van der Waals surface area (Å²) in [5.41, 5.74) is 3.02. The molecule has 2 nitrogen and oxygen atoms in total. The molecule has 3 atom stereocenters. The van der Waals surface area contributed by atoms with Gasteiger partial charge in [-0.25, -0.2) is 0 Å². The van der Waals surface area contributed by atoms with E-state index in [1.807, 2.05) is 0 Å². The first kappa shape index (κ1) is 15.6. The predicted octanol–water partition coefficient (Wildman–Crippen LogP) is 3.79. The van der Waals surface area contributed by atoms with E-state index in [1.54, 1.807) is 5.56 Å². The van der Waals surface area contributed by atoms with Crippen LogP contribution in [0.5, 0.6) is 0 Å².